The number of aryl methyl sites for hydroxylation is 1. The molecule has 0 N–H and O–H groups in total. The third kappa shape index (κ3) is 4.58. The Hall–Kier alpha value is -2.38. The molecule has 1 aromatic heterocycles. The van der Waals surface area contributed by atoms with Gasteiger partial charge in [0.1, 0.15) is 17.7 Å². The Kier molecular flexibility index (Phi) is 5.67. The summed E-state index contributed by atoms with van der Waals surface area (Å²) in [6.45, 7) is 7.54. The zero-order chi connectivity index (χ0) is 17.6. The summed E-state index contributed by atoms with van der Waals surface area (Å²) < 4.78 is 6.23. The Morgan fingerprint density at radius 2 is 2.08 bits per heavy atom. The second-order valence-electron chi connectivity index (χ2n) is 6.92. The number of hydrogen-bond acceptors (Lipinski definition) is 4. The Morgan fingerprint density at radius 1 is 1.28 bits per heavy atom. The molecule has 1 saturated heterocycles. The van der Waals surface area contributed by atoms with Crippen molar-refractivity contribution in [2.24, 2.45) is 5.92 Å². The molecule has 25 heavy (non-hydrogen) atoms. The molecule has 2 aromatic rings. The maximum atomic E-state index is 9.35. The van der Waals surface area contributed by atoms with Crippen LogP contribution in [-0.2, 0) is 0 Å². The van der Waals surface area contributed by atoms with Crippen LogP contribution >= 0.6 is 0 Å². The fourth-order valence-corrected chi connectivity index (χ4v) is 3.33. The summed E-state index contributed by atoms with van der Waals surface area (Å²) in [4.78, 5) is 6.94. The van der Waals surface area contributed by atoms with Crippen molar-refractivity contribution >= 4 is 0 Å². The average molecular weight is 335 g/mol. The lowest BCUT2D eigenvalue weighted by Gasteiger charge is -2.23. The smallest absolute Gasteiger partial charge is 0.232 e. The van der Waals surface area contributed by atoms with Crippen molar-refractivity contribution in [2.75, 3.05) is 19.6 Å². The van der Waals surface area contributed by atoms with Gasteiger partial charge in [0.25, 0.3) is 0 Å². The molecule has 1 aliphatic heterocycles. The Morgan fingerprint density at radius 3 is 2.76 bits per heavy atom. The maximum Gasteiger partial charge on any atom is 0.232 e. The first-order valence-electron chi connectivity index (χ1n) is 8.97. The van der Waals surface area contributed by atoms with Crippen LogP contribution in [0, 0.1) is 24.2 Å². The Labute approximate surface area is 150 Å². The molecule has 0 amide bonds. The van der Waals surface area contributed by atoms with Crippen molar-refractivity contribution in [2.45, 2.75) is 32.8 Å². The quantitative estimate of drug-likeness (QED) is 0.797. The van der Waals surface area contributed by atoms with Crippen molar-refractivity contribution < 1.29 is 4.74 Å². The second kappa shape index (κ2) is 8.13. The molecule has 2 atom stereocenters. The molecule has 1 fully saturated rings. The summed E-state index contributed by atoms with van der Waals surface area (Å²) >= 11 is 0. The second-order valence-corrected chi connectivity index (χ2v) is 6.92. The SMILES string of the molecule is Cc1ccc(C#N)c(O[C@H](CCN2CC[C@@H](C)C2)c2ccccc2)n1. The largest absolute Gasteiger partial charge is 0.468 e. The molecule has 1 aromatic carbocycles. The van der Waals surface area contributed by atoms with E-state index in [1.807, 2.05) is 31.2 Å². The van der Waals surface area contributed by atoms with Crippen molar-refractivity contribution in [1.29, 1.82) is 5.26 Å². The van der Waals surface area contributed by atoms with E-state index in [2.05, 4.69) is 35.0 Å². The summed E-state index contributed by atoms with van der Waals surface area (Å²) in [7, 11) is 0. The molecule has 0 radical (unpaired) electrons. The minimum absolute atomic E-state index is 0.0986. The van der Waals surface area contributed by atoms with E-state index in [-0.39, 0.29) is 6.10 Å². The highest BCUT2D eigenvalue weighted by Gasteiger charge is 2.22. The Balaban J connectivity index is 1.77. The summed E-state index contributed by atoms with van der Waals surface area (Å²) in [5, 5.41) is 9.35. The fourth-order valence-electron chi connectivity index (χ4n) is 3.33. The van der Waals surface area contributed by atoms with Crippen molar-refractivity contribution in [3.63, 3.8) is 0 Å². The highest BCUT2D eigenvalue weighted by Crippen LogP contribution is 2.27. The first kappa shape index (κ1) is 17.4. The summed E-state index contributed by atoms with van der Waals surface area (Å²) in [5.41, 5.74) is 2.47. The monoisotopic (exact) mass is 335 g/mol. The van der Waals surface area contributed by atoms with Crippen molar-refractivity contribution in [3.8, 4) is 11.9 Å². The molecule has 0 spiro atoms. The van der Waals surface area contributed by atoms with Gasteiger partial charge >= 0.3 is 0 Å². The van der Waals surface area contributed by atoms with E-state index in [1.165, 1.54) is 6.42 Å². The molecule has 2 heterocycles. The van der Waals surface area contributed by atoms with E-state index in [0.29, 0.717) is 11.4 Å². The molecule has 0 saturated carbocycles. The summed E-state index contributed by atoms with van der Waals surface area (Å²) in [6.07, 6.45) is 2.06. The van der Waals surface area contributed by atoms with Gasteiger partial charge in [-0.3, -0.25) is 0 Å². The van der Waals surface area contributed by atoms with Gasteiger partial charge in [0.15, 0.2) is 0 Å². The minimum Gasteiger partial charge on any atom is -0.468 e. The molecule has 0 aliphatic carbocycles. The van der Waals surface area contributed by atoms with Crippen LogP contribution < -0.4 is 4.74 Å². The lowest BCUT2D eigenvalue weighted by Crippen LogP contribution is -2.24. The van der Waals surface area contributed by atoms with E-state index in [4.69, 9.17) is 4.74 Å². The number of nitriles is 1. The highest BCUT2D eigenvalue weighted by molar-refractivity contribution is 5.39. The van der Waals surface area contributed by atoms with Gasteiger partial charge in [0, 0.05) is 25.2 Å². The number of aromatic nitrogens is 1. The molecule has 1 aliphatic rings. The maximum absolute atomic E-state index is 9.35. The number of ether oxygens (including phenoxy) is 1. The molecule has 4 nitrogen and oxygen atoms in total. The van der Waals surface area contributed by atoms with Crippen LogP contribution in [0.2, 0.25) is 0 Å². The van der Waals surface area contributed by atoms with Gasteiger partial charge in [0.2, 0.25) is 5.88 Å². The van der Waals surface area contributed by atoms with Crippen LogP contribution in [0.25, 0.3) is 0 Å². The van der Waals surface area contributed by atoms with Crippen LogP contribution in [0.4, 0.5) is 0 Å². The van der Waals surface area contributed by atoms with Crippen LogP contribution in [0.5, 0.6) is 5.88 Å². The summed E-state index contributed by atoms with van der Waals surface area (Å²) in [5.74, 6) is 1.21. The molecule has 3 rings (SSSR count). The molecular formula is C21H25N3O. The lowest BCUT2D eigenvalue weighted by molar-refractivity contribution is 0.164. The molecular weight excluding hydrogens is 310 g/mol. The van der Waals surface area contributed by atoms with Crippen LogP contribution in [0.3, 0.4) is 0 Å². The van der Waals surface area contributed by atoms with E-state index < -0.39 is 0 Å². The average Bonchev–Trinajstić information content (AvgIpc) is 3.05. The van der Waals surface area contributed by atoms with E-state index in [0.717, 1.165) is 43.2 Å². The predicted octanol–water partition coefficient (Wildman–Crippen LogP) is 4.11. The highest BCUT2D eigenvalue weighted by atomic mass is 16.5. The molecule has 130 valence electrons. The summed E-state index contributed by atoms with van der Waals surface area (Å²) in [6, 6.07) is 16.0. The standard InChI is InChI=1S/C21H25N3O/c1-16-10-12-24(15-16)13-11-20(18-6-4-3-5-7-18)25-21-19(14-22)9-8-17(2)23-21/h3-9,16,20H,10-13,15H2,1-2H3/t16-,20-/m1/s1. The van der Waals surface area contributed by atoms with Gasteiger partial charge in [-0.2, -0.15) is 5.26 Å². The van der Waals surface area contributed by atoms with Gasteiger partial charge in [-0.25, -0.2) is 4.98 Å². The first-order chi connectivity index (χ1) is 12.2. The number of rotatable bonds is 6. The van der Waals surface area contributed by atoms with Gasteiger partial charge in [0.05, 0.1) is 0 Å². The molecule has 0 unspecified atom stereocenters. The van der Waals surface area contributed by atoms with E-state index >= 15 is 0 Å². The normalized spacial score (nSPS) is 18.7. The van der Waals surface area contributed by atoms with Crippen LogP contribution in [0.15, 0.2) is 42.5 Å². The Bertz CT molecular complexity index is 739. The molecule has 4 heteroatoms. The lowest BCUT2D eigenvalue weighted by atomic mass is 10.1. The van der Waals surface area contributed by atoms with Crippen LogP contribution in [-0.4, -0.2) is 29.5 Å². The fraction of sp³-hybridized carbons (Fsp3) is 0.429. The van der Waals surface area contributed by atoms with Gasteiger partial charge in [-0.05, 0) is 43.5 Å². The first-order valence-corrected chi connectivity index (χ1v) is 8.97. The molecule has 0 bridgehead atoms. The predicted molar refractivity (Wildman–Crippen MR) is 98.3 cm³/mol. The van der Waals surface area contributed by atoms with Crippen molar-refractivity contribution in [3.05, 3.63) is 59.3 Å². The topological polar surface area (TPSA) is 49.1 Å². The van der Waals surface area contributed by atoms with Gasteiger partial charge in [-0.1, -0.05) is 37.3 Å². The minimum atomic E-state index is -0.0986. The van der Waals surface area contributed by atoms with Gasteiger partial charge in [-0.15, -0.1) is 0 Å². The third-order valence-corrected chi connectivity index (χ3v) is 4.76. The van der Waals surface area contributed by atoms with E-state index in [1.54, 1.807) is 6.07 Å². The van der Waals surface area contributed by atoms with E-state index in [9.17, 15) is 5.26 Å². The third-order valence-electron chi connectivity index (χ3n) is 4.76. The number of hydrogen-bond donors (Lipinski definition) is 0. The van der Waals surface area contributed by atoms with Crippen LogP contribution in [0.1, 0.15) is 42.7 Å². The number of pyridine rings is 1. The number of nitrogens with zero attached hydrogens (tertiary/aromatic N) is 3. The number of likely N-dealkylation sites (tertiary alicyclic amines) is 1. The zero-order valence-corrected chi connectivity index (χ0v) is 15.0. The number of benzene rings is 1. The van der Waals surface area contributed by atoms with Gasteiger partial charge < -0.3 is 9.64 Å². The van der Waals surface area contributed by atoms with Crippen molar-refractivity contribution in [1.82, 2.24) is 9.88 Å². The zero-order valence-electron chi connectivity index (χ0n) is 15.0.